The third kappa shape index (κ3) is 5.19. The standard InChI is InChI=1S/C22H29NO3S.Na/c1-3-4-5-6-10-18-11-9-13-20-19-12-7-8-14-21(19)23(22(18)20)16-15-17(2)27(24,25)26;/h7-9,11-14,17H,3-6,10,15-16H2,1-2H3,(H,24,25,26);/q;+1/p-1. The van der Waals surface area contributed by atoms with Crippen LogP contribution in [0.15, 0.2) is 42.5 Å². The smallest absolute Gasteiger partial charge is 0.748 e. The van der Waals surface area contributed by atoms with Gasteiger partial charge in [0.25, 0.3) is 0 Å². The third-order valence-corrected chi connectivity index (χ3v) is 6.65. The van der Waals surface area contributed by atoms with Crippen LogP contribution in [0.4, 0.5) is 0 Å². The van der Waals surface area contributed by atoms with Gasteiger partial charge in [-0.3, -0.25) is 0 Å². The molecule has 28 heavy (non-hydrogen) atoms. The first kappa shape index (κ1) is 23.4. The first-order chi connectivity index (χ1) is 12.9. The molecule has 0 aliphatic heterocycles. The SMILES string of the molecule is CCCCCCc1cccc2c3ccccc3n(CCC(C)S(=O)(=O)[O-])c12.[Na+]. The summed E-state index contributed by atoms with van der Waals surface area (Å²) in [5, 5.41) is 1.50. The summed E-state index contributed by atoms with van der Waals surface area (Å²) < 4.78 is 36.2. The molecule has 0 aliphatic rings. The van der Waals surface area contributed by atoms with Gasteiger partial charge in [-0.2, -0.15) is 0 Å². The summed E-state index contributed by atoms with van der Waals surface area (Å²) in [5.41, 5.74) is 3.59. The summed E-state index contributed by atoms with van der Waals surface area (Å²) in [5.74, 6) is 0. The zero-order valence-corrected chi connectivity index (χ0v) is 20.0. The molecule has 0 saturated heterocycles. The van der Waals surface area contributed by atoms with Crippen molar-refractivity contribution in [1.82, 2.24) is 4.57 Å². The summed E-state index contributed by atoms with van der Waals surface area (Å²) in [7, 11) is -4.26. The van der Waals surface area contributed by atoms with Crippen LogP contribution in [0.1, 0.15) is 51.5 Å². The number of aryl methyl sites for hydroxylation is 2. The Labute approximate surface area is 190 Å². The fraction of sp³-hybridized carbons (Fsp3) is 0.455. The average Bonchev–Trinajstić information content (AvgIpc) is 2.97. The summed E-state index contributed by atoms with van der Waals surface area (Å²) in [6.45, 7) is 4.24. The van der Waals surface area contributed by atoms with E-state index in [9.17, 15) is 13.0 Å². The van der Waals surface area contributed by atoms with Gasteiger partial charge in [-0.05, 0) is 37.8 Å². The molecule has 0 fully saturated rings. The molecular formula is C22H28NNaO3S. The molecule has 0 aliphatic carbocycles. The van der Waals surface area contributed by atoms with Crippen LogP contribution in [0.25, 0.3) is 21.8 Å². The molecule has 1 atom stereocenters. The molecule has 1 aromatic heterocycles. The van der Waals surface area contributed by atoms with Crippen LogP contribution in [0.5, 0.6) is 0 Å². The number of aromatic nitrogens is 1. The minimum atomic E-state index is -4.26. The Kier molecular flexibility index (Phi) is 8.59. The molecule has 146 valence electrons. The second-order valence-corrected chi connectivity index (χ2v) is 9.18. The van der Waals surface area contributed by atoms with Crippen molar-refractivity contribution in [3.05, 3.63) is 48.0 Å². The molecule has 2 aromatic carbocycles. The minimum absolute atomic E-state index is 0. The molecule has 0 radical (unpaired) electrons. The van der Waals surface area contributed by atoms with Gasteiger partial charge in [0.1, 0.15) is 0 Å². The number of nitrogens with zero attached hydrogens (tertiary/aromatic N) is 1. The first-order valence-electron chi connectivity index (χ1n) is 9.87. The molecule has 0 bridgehead atoms. The van der Waals surface area contributed by atoms with Gasteiger partial charge in [0.2, 0.25) is 0 Å². The molecule has 3 rings (SSSR count). The number of rotatable bonds is 9. The van der Waals surface area contributed by atoms with Gasteiger partial charge >= 0.3 is 29.6 Å². The van der Waals surface area contributed by atoms with Gasteiger partial charge in [-0.15, -0.1) is 0 Å². The van der Waals surface area contributed by atoms with Gasteiger partial charge in [-0.1, -0.05) is 62.6 Å². The van der Waals surface area contributed by atoms with Gasteiger partial charge < -0.3 is 9.12 Å². The fourth-order valence-corrected chi connectivity index (χ4v) is 4.21. The van der Waals surface area contributed by atoms with E-state index in [4.69, 9.17) is 0 Å². The second-order valence-electron chi connectivity index (χ2n) is 7.38. The van der Waals surface area contributed by atoms with Crippen molar-refractivity contribution < 1.29 is 42.5 Å². The summed E-state index contributed by atoms with van der Waals surface area (Å²) in [4.78, 5) is 0. The maximum absolute atomic E-state index is 11.3. The molecule has 0 amide bonds. The van der Waals surface area contributed by atoms with Gasteiger partial charge in [0.15, 0.2) is 0 Å². The molecule has 0 spiro atoms. The number of benzene rings is 2. The van der Waals surface area contributed by atoms with Gasteiger partial charge in [0.05, 0.1) is 15.6 Å². The topological polar surface area (TPSA) is 62.1 Å². The first-order valence-corrected chi connectivity index (χ1v) is 11.3. The van der Waals surface area contributed by atoms with Crippen LogP contribution in [0.2, 0.25) is 0 Å². The van der Waals surface area contributed by atoms with Crippen molar-refractivity contribution in [3.63, 3.8) is 0 Å². The van der Waals surface area contributed by atoms with Crippen LogP contribution >= 0.6 is 0 Å². The molecule has 3 aromatic rings. The van der Waals surface area contributed by atoms with E-state index >= 15 is 0 Å². The number of para-hydroxylation sites is 2. The molecular weight excluding hydrogens is 381 g/mol. The van der Waals surface area contributed by atoms with Gasteiger partial charge in [0, 0.05) is 28.1 Å². The van der Waals surface area contributed by atoms with E-state index in [0.29, 0.717) is 13.0 Å². The number of unbranched alkanes of at least 4 members (excludes halogenated alkanes) is 3. The van der Waals surface area contributed by atoms with E-state index in [1.807, 2.05) is 12.1 Å². The van der Waals surface area contributed by atoms with E-state index in [0.717, 1.165) is 18.4 Å². The number of hydrogen-bond donors (Lipinski definition) is 0. The molecule has 6 heteroatoms. The summed E-state index contributed by atoms with van der Waals surface area (Å²) >= 11 is 0. The predicted octanol–water partition coefficient (Wildman–Crippen LogP) is 2.25. The van der Waals surface area contributed by atoms with Crippen LogP contribution < -0.4 is 29.6 Å². The third-order valence-electron chi connectivity index (χ3n) is 5.43. The van der Waals surface area contributed by atoms with E-state index < -0.39 is 15.4 Å². The van der Waals surface area contributed by atoms with E-state index in [1.165, 1.54) is 48.0 Å². The Hall–Kier alpha value is -0.850. The van der Waals surface area contributed by atoms with Crippen molar-refractivity contribution in [2.75, 3.05) is 0 Å². The maximum Gasteiger partial charge on any atom is 1.00 e. The molecule has 0 saturated carbocycles. The Morgan fingerprint density at radius 2 is 1.71 bits per heavy atom. The van der Waals surface area contributed by atoms with Gasteiger partial charge in [-0.25, -0.2) is 8.42 Å². The van der Waals surface area contributed by atoms with Crippen molar-refractivity contribution in [1.29, 1.82) is 0 Å². The van der Waals surface area contributed by atoms with Crippen molar-refractivity contribution in [2.45, 2.75) is 64.2 Å². The average molecular weight is 410 g/mol. The Bertz CT molecular complexity index is 1030. The van der Waals surface area contributed by atoms with Crippen LogP contribution in [0.3, 0.4) is 0 Å². The monoisotopic (exact) mass is 409 g/mol. The van der Waals surface area contributed by atoms with E-state index in [2.05, 4.69) is 41.8 Å². The van der Waals surface area contributed by atoms with E-state index in [-0.39, 0.29) is 29.6 Å². The maximum atomic E-state index is 11.3. The Morgan fingerprint density at radius 3 is 2.43 bits per heavy atom. The van der Waals surface area contributed by atoms with E-state index in [1.54, 1.807) is 0 Å². The number of hydrogen-bond acceptors (Lipinski definition) is 3. The molecule has 4 nitrogen and oxygen atoms in total. The summed E-state index contributed by atoms with van der Waals surface area (Å²) in [6, 6.07) is 14.7. The zero-order chi connectivity index (χ0) is 19.4. The Morgan fingerprint density at radius 1 is 1.00 bits per heavy atom. The van der Waals surface area contributed by atoms with Crippen LogP contribution in [-0.2, 0) is 23.1 Å². The fourth-order valence-electron chi connectivity index (χ4n) is 3.82. The van der Waals surface area contributed by atoms with Crippen molar-refractivity contribution >= 4 is 31.9 Å². The number of fused-ring (bicyclic) bond motifs is 3. The Balaban J connectivity index is 0.00000280. The quantitative estimate of drug-likeness (QED) is 0.309. The largest absolute Gasteiger partial charge is 1.00 e. The van der Waals surface area contributed by atoms with Crippen molar-refractivity contribution in [3.8, 4) is 0 Å². The predicted molar refractivity (Wildman–Crippen MR) is 111 cm³/mol. The summed E-state index contributed by atoms with van der Waals surface area (Å²) in [6.07, 6.45) is 6.18. The molecule has 1 heterocycles. The minimum Gasteiger partial charge on any atom is -0.748 e. The molecule has 1 unspecified atom stereocenters. The second kappa shape index (κ2) is 10.3. The van der Waals surface area contributed by atoms with Crippen LogP contribution in [-0.4, -0.2) is 22.8 Å². The normalized spacial score (nSPS) is 13.0. The van der Waals surface area contributed by atoms with Crippen LogP contribution in [0, 0.1) is 0 Å². The molecule has 0 N–H and O–H groups in total. The van der Waals surface area contributed by atoms with Crippen molar-refractivity contribution in [2.24, 2.45) is 0 Å². The zero-order valence-electron chi connectivity index (χ0n) is 17.1.